The Morgan fingerprint density at radius 3 is 1.09 bits per heavy atom. The molecule has 35 heavy (non-hydrogen) atoms. The van der Waals surface area contributed by atoms with Gasteiger partial charge in [0, 0.05) is 53.9 Å². The minimum Gasteiger partial charge on any atom is -0.466 e. The molecule has 12 nitrogen and oxygen atoms in total. The van der Waals surface area contributed by atoms with E-state index in [0.29, 0.717) is 32.7 Å². The lowest BCUT2D eigenvalue weighted by molar-refractivity contribution is -0.165. The van der Waals surface area contributed by atoms with Gasteiger partial charge in [-0.25, -0.2) is 0 Å². The number of carbonyl (C=O) groups is 5. The molecule has 210 valence electrons. The van der Waals surface area contributed by atoms with Crippen LogP contribution in [0.1, 0.15) is 75.2 Å². The molecule has 0 heterocycles. The van der Waals surface area contributed by atoms with Gasteiger partial charge in [0.15, 0.2) is 6.79 Å². The summed E-state index contributed by atoms with van der Waals surface area (Å²) in [5.41, 5.74) is 0. The van der Waals surface area contributed by atoms with Gasteiger partial charge in [-0.3, -0.25) is 24.0 Å². The second-order valence-electron chi connectivity index (χ2n) is 5.53. The SMILES string of the molecule is CCC(=O)OCOC(C)=O.CCOC.CCOC(=O)CC.CCOC(C)=O.CCOCOC(C)=O. The van der Waals surface area contributed by atoms with E-state index in [1.165, 1.54) is 20.8 Å². The first kappa shape index (κ1) is 42.4. The summed E-state index contributed by atoms with van der Waals surface area (Å²) >= 11 is 0. The molecule has 0 rings (SSSR count). The number of hydrogen-bond acceptors (Lipinski definition) is 12. The van der Waals surface area contributed by atoms with Gasteiger partial charge in [0.25, 0.3) is 0 Å². The van der Waals surface area contributed by atoms with E-state index in [4.69, 9.17) is 4.74 Å². The highest BCUT2D eigenvalue weighted by Gasteiger charge is 1.97. The molecule has 12 heteroatoms. The molecular formula is C23H46O12. The van der Waals surface area contributed by atoms with Crippen molar-refractivity contribution in [3.63, 3.8) is 0 Å². The van der Waals surface area contributed by atoms with Gasteiger partial charge in [0.1, 0.15) is 0 Å². The average molecular weight is 515 g/mol. The Morgan fingerprint density at radius 1 is 0.486 bits per heavy atom. The van der Waals surface area contributed by atoms with Gasteiger partial charge in [-0.1, -0.05) is 13.8 Å². The first-order chi connectivity index (χ1) is 16.4. The third kappa shape index (κ3) is 72.1. The number of methoxy groups -OCH3 is 1. The zero-order valence-corrected chi connectivity index (χ0v) is 23.1. The molecule has 0 aromatic carbocycles. The second-order valence-corrected chi connectivity index (χ2v) is 5.53. The van der Waals surface area contributed by atoms with Crippen molar-refractivity contribution in [1.29, 1.82) is 0 Å². The fourth-order valence-electron chi connectivity index (χ4n) is 0.955. The molecule has 0 saturated carbocycles. The zero-order valence-electron chi connectivity index (χ0n) is 23.1. The first-order valence-corrected chi connectivity index (χ1v) is 11.2. The van der Waals surface area contributed by atoms with Gasteiger partial charge >= 0.3 is 29.8 Å². The second kappa shape index (κ2) is 38.5. The van der Waals surface area contributed by atoms with Gasteiger partial charge < -0.3 is 33.2 Å². The van der Waals surface area contributed by atoms with E-state index in [0.717, 1.165) is 6.61 Å². The highest BCUT2D eigenvalue weighted by atomic mass is 16.7. The molecule has 0 unspecified atom stereocenters. The molecule has 0 bridgehead atoms. The summed E-state index contributed by atoms with van der Waals surface area (Å²) in [5.74, 6) is -1.47. The average Bonchev–Trinajstić information content (AvgIpc) is 2.80. The van der Waals surface area contributed by atoms with Crippen LogP contribution in [-0.2, 0) is 57.1 Å². The lowest BCUT2D eigenvalue weighted by Gasteiger charge is -2.01. The van der Waals surface area contributed by atoms with E-state index >= 15 is 0 Å². The number of esters is 5. The van der Waals surface area contributed by atoms with Crippen molar-refractivity contribution < 1.29 is 57.1 Å². The maximum atomic E-state index is 10.4. The van der Waals surface area contributed by atoms with Crippen molar-refractivity contribution in [2.75, 3.05) is 47.1 Å². The minimum absolute atomic E-state index is 0.0752. The highest BCUT2D eigenvalue weighted by molar-refractivity contribution is 5.69. The van der Waals surface area contributed by atoms with Crippen molar-refractivity contribution in [1.82, 2.24) is 0 Å². The van der Waals surface area contributed by atoms with E-state index in [1.807, 2.05) is 13.8 Å². The lowest BCUT2D eigenvalue weighted by Crippen LogP contribution is -2.09. The molecular weight excluding hydrogens is 468 g/mol. The van der Waals surface area contributed by atoms with Crippen LogP contribution in [0.4, 0.5) is 0 Å². The fourth-order valence-corrected chi connectivity index (χ4v) is 0.955. The molecule has 0 aliphatic heterocycles. The summed E-state index contributed by atoms with van der Waals surface area (Å²) in [6, 6.07) is 0. The molecule has 0 atom stereocenters. The molecule has 0 spiro atoms. The molecule has 0 N–H and O–H groups in total. The summed E-state index contributed by atoms with van der Waals surface area (Å²) < 4.78 is 31.4. The van der Waals surface area contributed by atoms with Crippen molar-refractivity contribution >= 4 is 29.8 Å². The maximum Gasteiger partial charge on any atom is 0.308 e. The molecule has 0 aromatic heterocycles. The predicted octanol–water partition coefficient (Wildman–Crippen LogP) is 3.19. The summed E-state index contributed by atoms with van der Waals surface area (Å²) in [7, 11) is 1.68. The molecule has 0 saturated heterocycles. The smallest absolute Gasteiger partial charge is 0.308 e. The summed E-state index contributed by atoms with van der Waals surface area (Å²) in [6.45, 7) is 17.0. The largest absolute Gasteiger partial charge is 0.466 e. The number of carbonyl (C=O) groups excluding carboxylic acids is 5. The quantitative estimate of drug-likeness (QED) is 0.182. The highest BCUT2D eigenvalue weighted by Crippen LogP contribution is 1.85. The van der Waals surface area contributed by atoms with Crippen LogP contribution in [0.2, 0.25) is 0 Å². The summed E-state index contributed by atoms with van der Waals surface area (Å²) in [6.07, 6.45) is 0.773. The topological polar surface area (TPSA) is 150 Å². The molecule has 0 amide bonds. The zero-order chi connectivity index (χ0) is 28.5. The van der Waals surface area contributed by atoms with E-state index in [2.05, 4.69) is 28.4 Å². The van der Waals surface area contributed by atoms with Gasteiger partial charge in [-0.2, -0.15) is 0 Å². The van der Waals surface area contributed by atoms with Crippen molar-refractivity contribution in [3.8, 4) is 0 Å². The number of rotatable bonds is 10. The summed E-state index contributed by atoms with van der Waals surface area (Å²) in [5, 5.41) is 0. The van der Waals surface area contributed by atoms with E-state index < -0.39 is 5.97 Å². The fraction of sp³-hybridized carbons (Fsp3) is 0.783. The third-order valence-electron chi connectivity index (χ3n) is 2.55. The standard InChI is InChI=1S/C6H10O4.C5H10O3.C5H10O2.C4H8O2.C3H8O/c1-3-6(8)10-4-9-5(2)7;1-3-7-4-8-5(2)6;1-3-5(6)7-4-2;1-3-6-4(2)5;1-3-4-2/h3-4H2,1-2H3;3-4H2,1-2H3;3-4H2,1-2H3;3H2,1-2H3;3H2,1-2H3. The van der Waals surface area contributed by atoms with Gasteiger partial charge in [0.2, 0.25) is 6.79 Å². The third-order valence-corrected chi connectivity index (χ3v) is 2.55. The molecule has 0 aliphatic rings. The van der Waals surface area contributed by atoms with E-state index in [-0.39, 0.29) is 37.5 Å². The first-order valence-electron chi connectivity index (χ1n) is 11.2. The number of hydrogen-bond donors (Lipinski definition) is 0. The maximum absolute atomic E-state index is 10.4. The monoisotopic (exact) mass is 514 g/mol. The van der Waals surface area contributed by atoms with Crippen LogP contribution in [0.15, 0.2) is 0 Å². The Hall–Kier alpha value is -2.73. The van der Waals surface area contributed by atoms with Crippen LogP contribution >= 0.6 is 0 Å². The molecule has 0 fully saturated rings. The molecule has 0 aromatic rings. The van der Waals surface area contributed by atoms with Gasteiger partial charge in [-0.05, 0) is 27.7 Å². The lowest BCUT2D eigenvalue weighted by atomic mass is 10.5. The Balaban J connectivity index is -0.000000110. The van der Waals surface area contributed by atoms with Crippen molar-refractivity contribution in [2.45, 2.75) is 75.2 Å². The Kier molecular flexibility index (Phi) is 46.7. The predicted molar refractivity (Wildman–Crippen MR) is 128 cm³/mol. The van der Waals surface area contributed by atoms with Crippen LogP contribution < -0.4 is 0 Å². The van der Waals surface area contributed by atoms with Crippen molar-refractivity contribution in [3.05, 3.63) is 0 Å². The summed E-state index contributed by atoms with van der Waals surface area (Å²) in [4.78, 5) is 50.5. The number of ether oxygens (including phenoxy) is 7. The van der Waals surface area contributed by atoms with Gasteiger partial charge in [-0.15, -0.1) is 0 Å². The van der Waals surface area contributed by atoms with Crippen LogP contribution in [0.5, 0.6) is 0 Å². The van der Waals surface area contributed by atoms with E-state index in [1.54, 1.807) is 34.8 Å². The Bertz CT molecular complexity index is 505. The molecule has 0 aliphatic carbocycles. The van der Waals surface area contributed by atoms with Crippen LogP contribution in [-0.4, -0.2) is 77.0 Å². The van der Waals surface area contributed by atoms with Crippen LogP contribution in [0.3, 0.4) is 0 Å². The minimum atomic E-state index is -0.455. The molecule has 0 radical (unpaired) electrons. The van der Waals surface area contributed by atoms with Crippen LogP contribution in [0.25, 0.3) is 0 Å². The Labute approximate surface area is 209 Å². The Morgan fingerprint density at radius 2 is 0.857 bits per heavy atom. The normalized spacial score (nSPS) is 8.29. The van der Waals surface area contributed by atoms with Crippen molar-refractivity contribution in [2.24, 2.45) is 0 Å². The van der Waals surface area contributed by atoms with Crippen LogP contribution in [0, 0.1) is 0 Å². The van der Waals surface area contributed by atoms with E-state index in [9.17, 15) is 24.0 Å². The van der Waals surface area contributed by atoms with Gasteiger partial charge in [0.05, 0.1) is 13.2 Å².